The number of hydrogen-bond donors (Lipinski definition) is 3. The van der Waals surface area contributed by atoms with Gasteiger partial charge < -0.3 is 20.3 Å². The molecule has 3 N–H and O–H groups in total. The molecule has 8 heteroatoms. The highest BCUT2D eigenvalue weighted by atomic mass is 79.9. The number of aromatic hydroxyl groups is 1. The molecule has 0 saturated carbocycles. The number of carbonyl (C=O) groups is 2. The van der Waals surface area contributed by atoms with Crippen molar-refractivity contribution in [3.8, 4) is 17.2 Å². The number of phenols is 1. The molecule has 0 aliphatic heterocycles. The van der Waals surface area contributed by atoms with E-state index in [1.165, 1.54) is 0 Å². The summed E-state index contributed by atoms with van der Waals surface area (Å²) in [4.78, 5) is 22.6. The van der Waals surface area contributed by atoms with E-state index in [1.54, 1.807) is 31.2 Å². The van der Waals surface area contributed by atoms with E-state index in [2.05, 4.69) is 37.2 Å². The van der Waals surface area contributed by atoms with Crippen LogP contribution in [0.3, 0.4) is 0 Å². The topological polar surface area (TPSA) is 95.9 Å². The lowest BCUT2D eigenvalue weighted by molar-refractivity contribution is -0.135. The van der Waals surface area contributed by atoms with E-state index < -0.39 is 18.4 Å². The molecule has 0 aliphatic rings. The van der Waals surface area contributed by atoms with E-state index in [9.17, 15) is 14.7 Å². The van der Waals surface area contributed by atoms with Crippen molar-refractivity contribution in [2.24, 2.45) is 0 Å². The third-order valence-corrected chi connectivity index (χ3v) is 4.98. The van der Waals surface area contributed by atoms with Crippen LogP contribution >= 0.6 is 31.9 Å². The first kappa shape index (κ1) is 21.2. The van der Waals surface area contributed by atoms with Crippen molar-refractivity contribution in [1.82, 2.24) is 5.32 Å². The zero-order valence-corrected chi connectivity index (χ0v) is 18.1. The predicted octanol–water partition coefficient (Wildman–Crippen LogP) is 4.96. The largest absolute Gasteiger partial charge is 0.507 e. The monoisotopic (exact) mass is 499 g/mol. The Labute approximate surface area is 173 Å². The van der Waals surface area contributed by atoms with Gasteiger partial charge >= 0.3 is 5.97 Å². The number of benzene rings is 2. The molecular formula is C19H19Br2NO5. The van der Waals surface area contributed by atoms with Gasteiger partial charge in [-0.25, -0.2) is 0 Å². The maximum atomic E-state index is 12.0. The molecule has 27 heavy (non-hydrogen) atoms. The summed E-state index contributed by atoms with van der Waals surface area (Å²) in [6.07, 6.45) is 0. The van der Waals surface area contributed by atoms with Crippen LogP contribution in [0.2, 0.25) is 0 Å². The molecule has 0 bridgehead atoms. The Morgan fingerprint density at radius 2 is 1.74 bits per heavy atom. The number of aliphatic carboxylic acids is 1. The lowest BCUT2D eigenvalue weighted by Crippen LogP contribution is -2.29. The molecule has 2 aromatic rings. The second-order valence-electron chi connectivity index (χ2n) is 6.28. The van der Waals surface area contributed by atoms with Gasteiger partial charge in [0, 0.05) is 11.1 Å². The number of carboxylic acids is 1. The first-order chi connectivity index (χ1) is 12.6. The highest BCUT2D eigenvalue weighted by Gasteiger charge is 2.17. The Kier molecular flexibility index (Phi) is 6.89. The molecule has 0 aliphatic carbocycles. The molecule has 0 atom stereocenters. The third kappa shape index (κ3) is 5.23. The second-order valence-corrected chi connectivity index (χ2v) is 7.99. The highest BCUT2D eigenvalue weighted by Crippen LogP contribution is 2.40. The smallest absolute Gasteiger partial charge is 0.322 e. The average Bonchev–Trinajstić information content (AvgIpc) is 2.58. The fraction of sp³-hybridized carbons (Fsp3) is 0.263. The highest BCUT2D eigenvalue weighted by molar-refractivity contribution is 9.11. The van der Waals surface area contributed by atoms with Gasteiger partial charge in [0.05, 0.1) is 8.95 Å². The summed E-state index contributed by atoms with van der Waals surface area (Å²) in [5, 5.41) is 21.2. The van der Waals surface area contributed by atoms with E-state index in [1.807, 2.05) is 13.8 Å². The number of carbonyl (C=O) groups excluding carboxylic acids is 1. The molecule has 0 radical (unpaired) electrons. The van der Waals surface area contributed by atoms with Crippen LogP contribution < -0.4 is 10.1 Å². The van der Waals surface area contributed by atoms with E-state index in [-0.39, 0.29) is 17.2 Å². The standard InChI is InChI=1S/C19H19Br2NO5/c1-9(2)13-7-12(4-10(3)17(13)25)27-18-14(20)5-11(6-15(18)21)19(26)22-8-16(23)24/h4-7,9,25H,8H2,1-3H3,(H,22,26)(H,23,24). The van der Waals surface area contributed by atoms with Gasteiger partial charge in [0.2, 0.25) is 0 Å². The minimum absolute atomic E-state index is 0.124. The van der Waals surface area contributed by atoms with Gasteiger partial charge in [-0.05, 0) is 74.5 Å². The summed E-state index contributed by atoms with van der Waals surface area (Å²) in [6.45, 7) is 5.30. The maximum Gasteiger partial charge on any atom is 0.322 e. The van der Waals surface area contributed by atoms with Gasteiger partial charge in [-0.2, -0.15) is 0 Å². The first-order valence-corrected chi connectivity index (χ1v) is 9.69. The normalized spacial score (nSPS) is 10.7. The van der Waals surface area contributed by atoms with Crippen LogP contribution in [0.4, 0.5) is 0 Å². The van der Waals surface area contributed by atoms with Crippen molar-refractivity contribution in [2.45, 2.75) is 26.7 Å². The van der Waals surface area contributed by atoms with Gasteiger partial charge in [-0.1, -0.05) is 13.8 Å². The molecular weight excluding hydrogens is 482 g/mol. The van der Waals surface area contributed by atoms with Crippen LogP contribution in [-0.2, 0) is 4.79 Å². The molecule has 0 fully saturated rings. The molecule has 0 saturated heterocycles. The number of rotatable bonds is 6. The van der Waals surface area contributed by atoms with Gasteiger partial charge in [-0.15, -0.1) is 0 Å². The number of hydrogen-bond acceptors (Lipinski definition) is 4. The quantitative estimate of drug-likeness (QED) is 0.521. The molecule has 1 amide bonds. The van der Waals surface area contributed by atoms with Crippen molar-refractivity contribution in [3.05, 3.63) is 49.9 Å². The minimum Gasteiger partial charge on any atom is -0.507 e. The summed E-state index contributed by atoms with van der Waals surface area (Å²) in [7, 11) is 0. The van der Waals surface area contributed by atoms with E-state index in [0.717, 1.165) is 5.56 Å². The van der Waals surface area contributed by atoms with Crippen molar-refractivity contribution >= 4 is 43.7 Å². The minimum atomic E-state index is -1.12. The van der Waals surface area contributed by atoms with Gasteiger partial charge in [-0.3, -0.25) is 9.59 Å². The van der Waals surface area contributed by atoms with Crippen LogP contribution in [0.25, 0.3) is 0 Å². The molecule has 0 spiro atoms. The molecule has 2 aromatic carbocycles. The molecule has 0 heterocycles. The van der Waals surface area contributed by atoms with Crippen molar-refractivity contribution in [3.63, 3.8) is 0 Å². The van der Waals surface area contributed by atoms with Gasteiger partial charge in [0.25, 0.3) is 5.91 Å². The zero-order valence-electron chi connectivity index (χ0n) is 15.0. The average molecular weight is 501 g/mol. The Bertz CT molecular complexity index is 873. The van der Waals surface area contributed by atoms with E-state index >= 15 is 0 Å². The Hall–Kier alpha value is -2.06. The summed E-state index contributed by atoms with van der Waals surface area (Å²) in [5.41, 5.74) is 1.77. The van der Waals surface area contributed by atoms with Crippen molar-refractivity contribution in [1.29, 1.82) is 0 Å². The maximum absolute atomic E-state index is 12.0. The number of phenolic OH excluding ortho intramolecular Hbond substituents is 1. The summed E-state index contributed by atoms with van der Waals surface area (Å²) in [5.74, 6) is -0.235. The molecule has 0 unspecified atom stereocenters. The number of ether oxygens (including phenoxy) is 1. The summed E-state index contributed by atoms with van der Waals surface area (Å²) >= 11 is 6.77. The zero-order chi connectivity index (χ0) is 20.3. The van der Waals surface area contributed by atoms with Gasteiger partial charge in [0.15, 0.2) is 5.75 Å². The Morgan fingerprint density at radius 3 is 2.26 bits per heavy atom. The number of amides is 1. The lowest BCUT2D eigenvalue weighted by Gasteiger charge is -2.16. The Morgan fingerprint density at radius 1 is 1.15 bits per heavy atom. The fourth-order valence-electron chi connectivity index (χ4n) is 2.44. The predicted molar refractivity (Wildman–Crippen MR) is 109 cm³/mol. The van der Waals surface area contributed by atoms with Crippen molar-refractivity contribution < 1.29 is 24.5 Å². The van der Waals surface area contributed by atoms with Crippen LogP contribution in [0.15, 0.2) is 33.2 Å². The number of carboxylic acid groups (broad SMARTS) is 1. The molecule has 144 valence electrons. The second kappa shape index (κ2) is 8.75. The summed E-state index contributed by atoms with van der Waals surface area (Å²) in [6, 6.07) is 6.61. The van der Waals surface area contributed by atoms with Crippen LogP contribution in [0.5, 0.6) is 17.2 Å². The molecule has 0 aromatic heterocycles. The van der Waals surface area contributed by atoms with Crippen LogP contribution in [0.1, 0.15) is 41.3 Å². The van der Waals surface area contributed by atoms with Crippen LogP contribution in [0, 0.1) is 6.92 Å². The van der Waals surface area contributed by atoms with E-state index in [0.29, 0.717) is 26.0 Å². The summed E-state index contributed by atoms with van der Waals surface area (Å²) < 4.78 is 7.01. The number of halogens is 2. The number of aryl methyl sites for hydroxylation is 1. The first-order valence-electron chi connectivity index (χ1n) is 8.10. The fourth-order valence-corrected chi connectivity index (χ4v) is 3.78. The lowest BCUT2D eigenvalue weighted by atomic mass is 9.99. The SMILES string of the molecule is Cc1cc(Oc2c(Br)cc(C(=O)NCC(=O)O)cc2Br)cc(C(C)C)c1O. The van der Waals surface area contributed by atoms with Crippen molar-refractivity contribution in [2.75, 3.05) is 6.54 Å². The number of nitrogens with one attached hydrogen (secondary N) is 1. The Balaban J connectivity index is 2.33. The third-order valence-electron chi connectivity index (χ3n) is 3.81. The molecule has 2 rings (SSSR count). The van der Waals surface area contributed by atoms with Crippen LogP contribution in [-0.4, -0.2) is 28.6 Å². The van der Waals surface area contributed by atoms with E-state index in [4.69, 9.17) is 9.84 Å². The molecule has 6 nitrogen and oxygen atoms in total. The van der Waals surface area contributed by atoms with Gasteiger partial charge in [0.1, 0.15) is 18.0 Å².